The fraction of sp³-hybridized carbons (Fsp3) is 0.529. The highest BCUT2D eigenvalue weighted by atomic mass is 16.5. The molecule has 0 unspecified atom stereocenters. The number of nitrogens with one attached hydrogen (secondary N) is 1. The third-order valence-electron chi connectivity index (χ3n) is 4.43. The average molecular weight is 344 g/mol. The van der Waals surface area contributed by atoms with Gasteiger partial charge in [-0.3, -0.25) is 9.69 Å². The Labute approximate surface area is 147 Å². The van der Waals surface area contributed by atoms with Gasteiger partial charge in [-0.05, 0) is 55.4 Å². The van der Waals surface area contributed by atoms with Crippen molar-refractivity contribution in [2.75, 3.05) is 26.2 Å². The number of carbonyl (C=O) groups excluding carboxylic acids is 1. The van der Waals surface area contributed by atoms with Gasteiger partial charge in [-0.2, -0.15) is 4.80 Å². The second-order valence-electron chi connectivity index (χ2n) is 6.14. The van der Waals surface area contributed by atoms with Crippen molar-refractivity contribution in [1.29, 1.82) is 0 Å². The van der Waals surface area contributed by atoms with Crippen LogP contribution in [-0.2, 0) is 11.8 Å². The Balaban J connectivity index is 1.44. The van der Waals surface area contributed by atoms with Crippen LogP contribution >= 0.6 is 0 Å². The summed E-state index contributed by atoms with van der Waals surface area (Å²) in [6, 6.07) is 7.75. The van der Waals surface area contributed by atoms with Crippen LogP contribution < -0.4 is 10.1 Å². The molecule has 1 fully saturated rings. The number of ether oxygens (including phenoxy) is 1. The summed E-state index contributed by atoms with van der Waals surface area (Å²) in [6.45, 7) is 5.02. The van der Waals surface area contributed by atoms with Gasteiger partial charge in [0.25, 0.3) is 5.91 Å². The number of tetrazole rings is 1. The maximum Gasteiger partial charge on any atom is 0.257 e. The molecule has 8 heteroatoms. The third kappa shape index (κ3) is 4.54. The van der Waals surface area contributed by atoms with E-state index in [9.17, 15) is 4.79 Å². The minimum absolute atomic E-state index is 0.0155. The van der Waals surface area contributed by atoms with Crippen LogP contribution in [0.15, 0.2) is 24.3 Å². The van der Waals surface area contributed by atoms with E-state index in [1.54, 1.807) is 19.2 Å². The Morgan fingerprint density at radius 1 is 1.36 bits per heavy atom. The number of hydrogen-bond acceptors (Lipinski definition) is 6. The summed E-state index contributed by atoms with van der Waals surface area (Å²) >= 11 is 0. The topological polar surface area (TPSA) is 85.2 Å². The SMILES string of the molecule is CCN1CCC[C@H]1CNC(=O)COc1ccc(-c2nnn(C)n2)cc1. The van der Waals surface area contributed by atoms with Gasteiger partial charge in [0.05, 0.1) is 7.05 Å². The molecule has 1 N–H and O–H groups in total. The number of likely N-dealkylation sites (tertiary alicyclic amines) is 1. The Hall–Kier alpha value is -2.48. The fourth-order valence-electron chi connectivity index (χ4n) is 3.07. The number of likely N-dealkylation sites (N-methyl/N-ethyl adjacent to an activating group) is 1. The molecule has 2 heterocycles. The summed E-state index contributed by atoms with van der Waals surface area (Å²) in [7, 11) is 1.72. The number of nitrogens with zero attached hydrogens (tertiary/aromatic N) is 5. The summed E-state index contributed by atoms with van der Waals surface area (Å²) in [5, 5.41) is 14.9. The van der Waals surface area contributed by atoms with Crippen LogP contribution in [-0.4, -0.2) is 63.3 Å². The zero-order valence-corrected chi connectivity index (χ0v) is 14.7. The van der Waals surface area contributed by atoms with Gasteiger partial charge < -0.3 is 10.1 Å². The second kappa shape index (κ2) is 8.06. The second-order valence-corrected chi connectivity index (χ2v) is 6.14. The zero-order valence-electron chi connectivity index (χ0n) is 14.7. The van der Waals surface area contributed by atoms with Crippen LogP contribution in [0.25, 0.3) is 11.4 Å². The number of rotatable bonds is 7. The van der Waals surface area contributed by atoms with E-state index in [0.29, 0.717) is 24.2 Å². The van der Waals surface area contributed by atoms with Gasteiger partial charge in [0.15, 0.2) is 6.61 Å². The molecule has 1 amide bonds. The van der Waals surface area contributed by atoms with Gasteiger partial charge in [0.2, 0.25) is 5.82 Å². The molecule has 1 aromatic heterocycles. The van der Waals surface area contributed by atoms with E-state index in [4.69, 9.17) is 4.74 Å². The summed E-state index contributed by atoms with van der Waals surface area (Å²) in [5.74, 6) is 1.10. The standard InChI is InChI=1S/C17H24N6O2/c1-3-23-10-4-5-14(23)11-18-16(24)12-25-15-8-6-13(7-9-15)17-19-21-22(2)20-17/h6-9,14H,3-5,10-12H2,1-2H3,(H,18,24)/t14-/m0/s1. The lowest BCUT2D eigenvalue weighted by Gasteiger charge is -2.22. The lowest BCUT2D eigenvalue weighted by molar-refractivity contribution is -0.123. The summed E-state index contributed by atoms with van der Waals surface area (Å²) in [6.07, 6.45) is 2.35. The van der Waals surface area contributed by atoms with Crippen molar-refractivity contribution in [3.8, 4) is 17.1 Å². The lowest BCUT2D eigenvalue weighted by Crippen LogP contribution is -2.41. The van der Waals surface area contributed by atoms with Crippen LogP contribution in [0, 0.1) is 0 Å². The number of amides is 1. The molecular formula is C17H24N6O2. The summed E-state index contributed by atoms with van der Waals surface area (Å²) in [4.78, 5) is 15.8. The number of benzene rings is 1. The van der Waals surface area contributed by atoms with Crippen LogP contribution in [0.3, 0.4) is 0 Å². The van der Waals surface area contributed by atoms with Crippen molar-refractivity contribution in [3.05, 3.63) is 24.3 Å². The molecule has 134 valence electrons. The highest BCUT2D eigenvalue weighted by Gasteiger charge is 2.23. The molecule has 8 nitrogen and oxygen atoms in total. The molecular weight excluding hydrogens is 320 g/mol. The molecule has 0 radical (unpaired) electrons. The maximum absolute atomic E-state index is 12.0. The van der Waals surface area contributed by atoms with E-state index >= 15 is 0 Å². The van der Waals surface area contributed by atoms with Gasteiger partial charge in [0.1, 0.15) is 5.75 Å². The van der Waals surface area contributed by atoms with Gasteiger partial charge in [0, 0.05) is 18.2 Å². The molecule has 0 aliphatic carbocycles. The van der Waals surface area contributed by atoms with Crippen LogP contribution in [0.1, 0.15) is 19.8 Å². The fourth-order valence-corrected chi connectivity index (χ4v) is 3.07. The molecule has 2 aromatic rings. The van der Waals surface area contributed by atoms with E-state index in [1.165, 1.54) is 11.2 Å². The molecule has 25 heavy (non-hydrogen) atoms. The quantitative estimate of drug-likeness (QED) is 0.802. The normalized spacial score (nSPS) is 17.6. The molecule has 1 aromatic carbocycles. The van der Waals surface area contributed by atoms with Crippen molar-refractivity contribution in [2.45, 2.75) is 25.8 Å². The van der Waals surface area contributed by atoms with Gasteiger partial charge in [-0.25, -0.2) is 0 Å². The van der Waals surface area contributed by atoms with E-state index in [1.807, 2.05) is 12.1 Å². The van der Waals surface area contributed by atoms with Crippen molar-refractivity contribution in [3.63, 3.8) is 0 Å². The first kappa shape index (κ1) is 17.3. The zero-order chi connectivity index (χ0) is 17.6. The molecule has 0 saturated carbocycles. The average Bonchev–Trinajstić information content (AvgIpc) is 3.27. The van der Waals surface area contributed by atoms with Crippen molar-refractivity contribution in [2.24, 2.45) is 7.05 Å². The Bertz CT molecular complexity index is 699. The first-order valence-electron chi connectivity index (χ1n) is 8.63. The maximum atomic E-state index is 12.0. The summed E-state index contributed by atoms with van der Waals surface area (Å²) in [5.41, 5.74) is 0.853. The Kier molecular flexibility index (Phi) is 5.60. The molecule has 1 aliphatic heterocycles. The van der Waals surface area contributed by atoms with Gasteiger partial charge in [-0.15, -0.1) is 10.2 Å². The molecule has 1 saturated heterocycles. The molecule has 0 bridgehead atoms. The van der Waals surface area contributed by atoms with E-state index in [2.05, 4.69) is 32.6 Å². The van der Waals surface area contributed by atoms with Gasteiger partial charge >= 0.3 is 0 Å². The first-order valence-corrected chi connectivity index (χ1v) is 8.63. The Morgan fingerprint density at radius 2 is 2.16 bits per heavy atom. The van der Waals surface area contributed by atoms with Crippen molar-refractivity contribution < 1.29 is 9.53 Å². The smallest absolute Gasteiger partial charge is 0.257 e. The molecule has 1 atom stereocenters. The summed E-state index contributed by atoms with van der Waals surface area (Å²) < 4.78 is 5.54. The van der Waals surface area contributed by atoms with Crippen LogP contribution in [0.2, 0.25) is 0 Å². The van der Waals surface area contributed by atoms with Crippen LogP contribution in [0.4, 0.5) is 0 Å². The predicted molar refractivity (Wildman–Crippen MR) is 93.0 cm³/mol. The number of aromatic nitrogens is 4. The number of aryl methyl sites for hydroxylation is 1. The molecule has 0 spiro atoms. The minimum atomic E-state index is -0.0948. The highest BCUT2D eigenvalue weighted by Crippen LogP contribution is 2.18. The minimum Gasteiger partial charge on any atom is -0.484 e. The van der Waals surface area contributed by atoms with Crippen molar-refractivity contribution >= 4 is 5.91 Å². The predicted octanol–water partition coefficient (Wildman–Crippen LogP) is 0.856. The van der Waals surface area contributed by atoms with E-state index in [0.717, 1.165) is 25.1 Å². The van der Waals surface area contributed by atoms with Crippen LogP contribution in [0.5, 0.6) is 5.75 Å². The van der Waals surface area contributed by atoms with Crippen molar-refractivity contribution in [1.82, 2.24) is 30.4 Å². The van der Waals surface area contributed by atoms with Gasteiger partial charge in [-0.1, -0.05) is 6.92 Å². The molecule has 1 aliphatic rings. The molecule has 3 rings (SSSR count). The van der Waals surface area contributed by atoms with E-state index in [-0.39, 0.29) is 12.5 Å². The van der Waals surface area contributed by atoms with E-state index < -0.39 is 0 Å². The first-order chi connectivity index (χ1) is 12.2. The number of carbonyl (C=O) groups is 1. The highest BCUT2D eigenvalue weighted by molar-refractivity contribution is 5.77. The monoisotopic (exact) mass is 344 g/mol. The lowest BCUT2D eigenvalue weighted by atomic mass is 10.2. The number of hydrogen-bond donors (Lipinski definition) is 1. The third-order valence-corrected chi connectivity index (χ3v) is 4.43. The Morgan fingerprint density at radius 3 is 2.84 bits per heavy atom. The largest absolute Gasteiger partial charge is 0.484 e.